The fourth-order valence-corrected chi connectivity index (χ4v) is 12.6. The van der Waals surface area contributed by atoms with Gasteiger partial charge in [0, 0.05) is 68.5 Å². The van der Waals surface area contributed by atoms with Crippen LogP contribution < -0.4 is 58.3 Å². The number of aliphatic hydroxyl groups excluding tert-OH is 3. The average Bonchev–Trinajstić information content (AvgIpc) is 1.66. The monoisotopic (exact) mass is 1540 g/mol. The number of methoxy groups -OCH3 is 1. The van der Waals surface area contributed by atoms with Crippen molar-refractivity contribution in [3.05, 3.63) is 162 Å². The number of ether oxygens (including phenoxy) is 1. The molecule has 4 aromatic carbocycles. The minimum atomic E-state index is -2.43. The number of nitrogens with one attached hydrogen (secondary N) is 10. The Hall–Kier alpha value is -12.1. The number of H-pyrrole nitrogens is 1. The molecule has 0 radical (unpaired) electrons. The highest BCUT2D eigenvalue weighted by Gasteiger charge is 2.47. The number of carbonyl (C=O) groups is 13. The first kappa shape index (κ1) is 86.1. The lowest BCUT2D eigenvalue weighted by molar-refractivity contribution is -0.145. The summed E-state index contributed by atoms with van der Waals surface area (Å²) in [4.78, 5) is 191. The molecular formula is C76H92F2N14O19. The van der Waals surface area contributed by atoms with Crippen LogP contribution in [-0.4, -0.2) is 215 Å². The lowest BCUT2D eigenvalue weighted by Gasteiger charge is -2.35. The highest BCUT2D eigenvalue weighted by Crippen LogP contribution is 2.32. The van der Waals surface area contributed by atoms with Gasteiger partial charge in [-0.1, -0.05) is 73.7 Å². The molecule has 11 amide bonds. The van der Waals surface area contributed by atoms with Gasteiger partial charge < -0.3 is 93.7 Å². The Morgan fingerprint density at radius 2 is 1.30 bits per heavy atom. The third kappa shape index (κ3) is 23.7. The van der Waals surface area contributed by atoms with E-state index in [0.29, 0.717) is 35.4 Å². The Balaban J connectivity index is 1.06. The second kappa shape index (κ2) is 39.8. The van der Waals surface area contributed by atoms with Crippen LogP contribution in [0.25, 0.3) is 22.3 Å². The van der Waals surface area contributed by atoms with Crippen molar-refractivity contribution >= 4 is 76.9 Å². The fraction of sp³-hybridized carbons (Fsp3) is 0.408. The molecule has 2 aromatic heterocycles. The van der Waals surface area contributed by atoms with Crippen molar-refractivity contribution in [2.24, 2.45) is 5.73 Å². The van der Waals surface area contributed by atoms with E-state index in [1.165, 1.54) is 80.1 Å². The summed E-state index contributed by atoms with van der Waals surface area (Å²) in [6.45, 7) is 4.45. The van der Waals surface area contributed by atoms with Gasteiger partial charge in [0.25, 0.3) is 0 Å². The van der Waals surface area contributed by atoms with E-state index in [9.17, 15) is 87.9 Å². The molecule has 0 bridgehead atoms. The molecule has 11 atom stereocenters. The highest BCUT2D eigenvalue weighted by molar-refractivity contribution is 6.01. The van der Waals surface area contributed by atoms with Crippen LogP contribution >= 0.6 is 0 Å². The van der Waals surface area contributed by atoms with E-state index in [2.05, 4.69) is 62.8 Å². The number of hydrogen-bond acceptors (Lipinski definition) is 19. The number of aliphatic hydroxyl groups is 3. The van der Waals surface area contributed by atoms with Crippen molar-refractivity contribution in [3.8, 4) is 28.0 Å². The number of likely N-dealkylation sites (tertiary alicyclic amines) is 1. The van der Waals surface area contributed by atoms with E-state index in [0.717, 1.165) is 43.5 Å². The summed E-state index contributed by atoms with van der Waals surface area (Å²) in [7, 11) is 1.53. The van der Waals surface area contributed by atoms with Crippen molar-refractivity contribution in [1.29, 1.82) is 0 Å². The Kier molecular flexibility index (Phi) is 30.9. The Bertz CT molecular complexity index is 4360. The van der Waals surface area contributed by atoms with Crippen LogP contribution in [0.3, 0.4) is 0 Å². The number of aliphatic carboxylic acids is 2. The third-order valence-electron chi connectivity index (χ3n) is 18.8. The maximum atomic E-state index is 15.5. The summed E-state index contributed by atoms with van der Waals surface area (Å²) >= 11 is 0. The maximum absolute atomic E-state index is 15.5. The van der Waals surface area contributed by atoms with Crippen LogP contribution in [0.1, 0.15) is 101 Å². The molecule has 35 heteroatoms. The first-order chi connectivity index (χ1) is 52.7. The average molecular weight is 1540 g/mol. The number of carboxylic acids is 2. The molecule has 111 heavy (non-hydrogen) atoms. The number of imidazole rings is 1. The zero-order chi connectivity index (χ0) is 81.4. The minimum absolute atomic E-state index is 0.00742. The molecule has 6 aromatic rings. The van der Waals surface area contributed by atoms with E-state index < -0.39 is 187 Å². The van der Waals surface area contributed by atoms with Gasteiger partial charge in [-0.25, -0.2) is 13.8 Å². The van der Waals surface area contributed by atoms with Gasteiger partial charge in [-0.3, -0.25) is 67.3 Å². The molecule has 3 heterocycles. The number of aromatic amines is 1. The Morgan fingerprint density at radius 3 is 1.92 bits per heavy atom. The molecule has 1 saturated heterocycles. The first-order valence-corrected chi connectivity index (χ1v) is 35.6. The number of nitrogens with two attached hydrogens (primary N) is 1. The van der Waals surface area contributed by atoms with Crippen molar-refractivity contribution in [2.75, 3.05) is 26.8 Å². The number of pyridine rings is 1. The molecule has 0 aliphatic carbocycles. The van der Waals surface area contributed by atoms with Crippen LogP contribution in [0, 0.1) is 11.6 Å². The van der Waals surface area contributed by atoms with Crippen LogP contribution in [0.5, 0.6) is 5.75 Å². The molecule has 1 fully saturated rings. The second-order valence-electron chi connectivity index (χ2n) is 27.2. The number of amides is 11. The number of rotatable bonds is 40. The third-order valence-corrected chi connectivity index (χ3v) is 18.8. The van der Waals surface area contributed by atoms with Gasteiger partial charge in [-0.15, -0.1) is 0 Å². The van der Waals surface area contributed by atoms with Gasteiger partial charge in [0.15, 0.2) is 0 Å². The second-order valence-corrected chi connectivity index (χ2v) is 27.2. The lowest BCUT2D eigenvalue weighted by Crippen LogP contribution is -2.67. The van der Waals surface area contributed by atoms with Gasteiger partial charge in [-0.05, 0) is 129 Å². The maximum Gasteiger partial charge on any atom is 0.305 e. The number of aromatic nitrogens is 3. The van der Waals surface area contributed by atoms with Crippen LogP contribution in [0.15, 0.2) is 122 Å². The van der Waals surface area contributed by atoms with Gasteiger partial charge in [0.05, 0.1) is 45.2 Å². The van der Waals surface area contributed by atoms with E-state index in [-0.39, 0.29) is 61.2 Å². The number of nitrogens with zero attached hydrogens (tertiary/aromatic N) is 3. The summed E-state index contributed by atoms with van der Waals surface area (Å²) in [5.74, 6) is -16.3. The van der Waals surface area contributed by atoms with Gasteiger partial charge in [-0.2, -0.15) is 0 Å². The predicted octanol–water partition coefficient (Wildman–Crippen LogP) is -0.00690. The number of halogens is 2. The largest absolute Gasteiger partial charge is 0.497 e. The van der Waals surface area contributed by atoms with E-state index >= 15 is 8.78 Å². The number of aryl methyl sites for hydroxylation is 2. The number of benzene rings is 4. The topological polar surface area (TPSA) is 511 Å². The van der Waals surface area contributed by atoms with Crippen molar-refractivity contribution in [3.63, 3.8) is 0 Å². The zero-order valence-electron chi connectivity index (χ0n) is 61.8. The fourth-order valence-electron chi connectivity index (χ4n) is 12.6. The Labute approximate surface area is 636 Å². The van der Waals surface area contributed by atoms with Crippen LogP contribution in [0.4, 0.5) is 8.78 Å². The molecular weight excluding hydrogens is 1450 g/mol. The van der Waals surface area contributed by atoms with Gasteiger partial charge in [0.2, 0.25) is 65.0 Å². The SMILES string of the molecule is CCc1cc(OC)ccc1-c1ccc(C[C@H](NC(=O)[C@H](CC(=O)O)NC(=O)[C@H](CO)NC(=O)[C@@H](NC(=O)[C@@](C)(Cc2ccccc2F)NC(=O)[C@@H](NC(=O)CNC(=O)[C@H](CCC(=O)O)NC(=O)[C@]2(C)CCCN2C(=O)CCc2cnc[nH]2)[C@@H](C)O)[C@@H](C)O)C(=O)N[C@@H](Cc2cnccc2-c2ccccc2F)C(N)=O)cc1. The molecule has 594 valence electrons. The number of carbonyl (C=O) groups excluding carboxylic acids is 11. The number of hydrogen-bond donors (Lipinski definition) is 16. The van der Waals surface area contributed by atoms with E-state index in [1.54, 1.807) is 42.6 Å². The summed E-state index contributed by atoms with van der Waals surface area (Å²) in [5.41, 5.74) is 6.07. The molecule has 1 aliphatic rings. The van der Waals surface area contributed by atoms with Crippen LogP contribution in [0.2, 0.25) is 0 Å². The molecule has 7 rings (SSSR count). The van der Waals surface area contributed by atoms with Crippen molar-refractivity contribution in [1.82, 2.24) is 67.7 Å². The van der Waals surface area contributed by atoms with E-state index in [4.69, 9.17) is 10.5 Å². The lowest BCUT2D eigenvalue weighted by atomic mass is 9.90. The van der Waals surface area contributed by atoms with Gasteiger partial charge in [0.1, 0.15) is 70.8 Å². The first-order valence-electron chi connectivity index (χ1n) is 35.6. The molecule has 0 unspecified atom stereocenters. The summed E-state index contributed by atoms with van der Waals surface area (Å²) < 4.78 is 36.1. The van der Waals surface area contributed by atoms with Crippen molar-refractivity contribution in [2.45, 2.75) is 171 Å². The molecule has 33 nitrogen and oxygen atoms in total. The Morgan fingerprint density at radius 1 is 0.658 bits per heavy atom. The van der Waals surface area contributed by atoms with Crippen molar-refractivity contribution < 1.29 is 101 Å². The number of carboxylic acid groups (broad SMARTS) is 2. The number of primary amides is 1. The molecule has 0 spiro atoms. The predicted molar refractivity (Wildman–Crippen MR) is 393 cm³/mol. The smallest absolute Gasteiger partial charge is 0.305 e. The van der Waals surface area contributed by atoms with Crippen LogP contribution in [-0.2, 0) is 94.4 Å². The summed E-state index contributed by atoms with van der Waals surface area (Å²) in [6.07, 6.45) is -0.290. The molecule has 0 saturated carbocycles. The normalized spacial score (nSPS) is 16.2. The van der Waals surface area contributed by atoms with Gasteiger partial charge >= 0.3 is 11.9 Å². The molecule has 1 aliphatic heterocycles. The van der Waals surface area contributed by atoms with E-state index in [1.807, 2.05) is 19.1 Å². The minimum Gasteiger partial charge on any atom is -0.497 e. The zero-order valence-corrected chi connectivity index (χ0v) is 61.8. The highest BCUT2D eigenvalue weighted by atomic mass is 19.1. The quantitative estimate of drug-likeness (QED) is 0.0241. The standard InChI is InChI=1S/C76H92F2N14O19/c1-7-44-32-49(111-6)22-23-50(44)45-19-17-43(18-20-45)31-57(68(104)84-56(66(79)102)33-47-36-80-29-27-51(47)52-14-9-11-16-54(52)78)85-69(105)58(34-63(100)101)86-70(106)59(39-93)87-71(107)64(41(2)94)90-73(109)75(4,35-46-13-8-10-15-53(46)77)91-72(108)65(42(3)95)89-60(96)38-82-67(103)55(24-26-62(98)99)88-74(110)76(5)28-12-30-92(76)61(97)25-21-48-37-81-40-83-48/h8-11,13-20,22-23,27,29,32,36-37,40-42,55-59,64-65,93-95H,7,12,21,24-26,28,30-31,33-35,38-39H2,1-6H3,(H2,79,102)(H,81,83)(H,82,103)(H,84,104)(H,85,105)(H,86,106)(H,87,107)(H,88,110)(H,89,96)(H,90,109)(H,91,108)(H,98,99)(H,100,101)/t41-,42-,55+,56+,57+,58+,59+,64+,65+,75-,76+/m1/s1. The summed E-state index contributed by atoms with van der Waals surface area (Å²) in [6, 6.07) is 11.2. The summed E-state index contributed by atoms with van der Waals surface area (Å²) in [5, 5.41) is 73.1. The molecule has 17 N–H and O–H groups in total.